The molecule has 1 aliphatic heterocycles. The summed E-state index contributed by atoms with van der Waals surface area (Å²) in [5, 5.41) is 0.554. The Bertz CT molecular complexity index is 887. The van der Waals surface area contributed by atoms with E-state index in [0.29, 0.717) is 17.0 Å². The Morgan fingerprint density at radius 3 is 2.20 bits per heavy atom. The number of hydrogen-bond donors (Lipinski definition) is 0. The van der Waals surface area contributed by atoms with Crippen LogP contribution in [0.3, 0.4) is 0 Å². The van der Waals surface area contributed by atoms with E-state index in [1.807, 2.05) is 32.0 Å². The van der Waals surface area contributed by atoms with Crippen molar-refractivity contribution in [3.63, 3.8) is 0 Å². The van der Waals surface area contributed by atoms with E-state index in [1.165, 1.54) is 0 Å². The molecule has 0 aliphatic carbocycles. The second kappa shape index (κ2) is 6.81. The number of rotatable bonds is 3. The van der Waals surface area contributed by atoms with Gasteiger partial charge in [-0.1, -0.05) is 29.8 Å². The average molecular weight is 378 g/mol. The van der Waals surface area contributed by atoms with Crippen LogP contribution >= 0.6 is 11.6 Å². The summed E-state index contributed by atoms with van der Waals surface area (Å²) in [5.74, 6) is -0.0798. The monoisotopic (exact) mass is 377 g/mol. The number of hydrogen-bond acceptors (Lipinski definition) is 3. The number of amides is 1. The van der Waals surface area contributed by atoms with Crippen molar-refractivity contribution in [1.82, 2.24) is 0 Å². The first-order valence-electron chi connectivity index (χ1n) is 8.14. The van der Waals surface area contributed by atoms with E-state index in [1.54, 1.807) is 29.2 Å². The normalized spacial score (nSPS) is 18.9. The van der Waals surface area contributed by atoms with E-state index >= 15 is 0 Å². The summed E-state index contributed by atoms with van der Waals surface area (Å²) in [7, 11) is -3.11. The van der Waals surface area contributed by atoms with Gasteiger partial charge in [0, 0.05) is 10.6 Å². The Labute approximate surface area is 153 Å². The number of carbonyl (C=O) groups excluding carboxylic acids is 1. The maximum Gasteiger partial charge on any atom is 0.258 e. The fourth-order valence-corrected chi connectivity index (χ4v) is 5.17. The molecule has 3 rings (SSSR count). The number of para-hydroxylation sites is 1. The van der Waals surface area contributed by atoms with Gasteiger partial charge in [-0.05, 0) is 55.7 Å². The molecule has 1 atom stereocenters. The molecule has 2 aromatic rings. The van der Waals surface area contributed by atoms with E-state index in [4.69, 9.17) is 11.6 Å². The zero-order chi connectivity index (χ0) is 18.2. The second-order valence-corrected chi connectivity index (χ2v) is 9.14. The molecule has 1 amide bonds. The highest BCUT2D eigenvalue weighted by Crippen LogP contribution is 2.32. The summed E-state index contributed by atoms with van der Waals surface area (Å²) in [4.78, 5) is 14.9. The molecule has 0 radical (unpaired) electrons. The second-order valence-electron chi connectivity index (χ2n) is 6.48. The van der Waals surface area contributed by atoms with Crippen molar-refractivity contribution in [1.29, 1.82) is 0 Å². The summed E-state index contributed by atoms with van der Waals surface area (Å²) in [5.41, 5.74) is 3.19. The molecule has 132 valence electrons. The van der Waals surface area contributed by atoms with Crippen molar-refractivity contribution in [2.24, 2.45) is 0 Å². The standard InChI is InChI=1S/C19H20ClNO3S/c1-13-4-3-5-14(2)18(13)21(17-10-11-25(23,24)12-17)19(22)15-6-8-16(20)9-7-15/h3-9,17H,10-12H2,1-2H3. The number of aryl methyl sites for hydroxylation is 2. The maximum absolute atomic E-state index is 13.2. The Morgan fingerprint density at radius 2 is 1.68 bits per heavy atom. The Morgan fingerprint density at radius 1 is 1.08 bits per heavy atom. The van der Waals surface area contributed by atoms with Gasteiger partial charge in [0.15, 0.2) is 9.84 Å². The van der Waals surface area contributed by atoms with Crippen LogP contribution in [0, 0.1) is 13.8 Å². The molecule has 1 fully saturated rings. The fourth-order valence-electron chi connectivity index (χ4n) is 3.35. The van der Waals surface area contributed by atoms with Crippen LogP contribution in [-0.2, 0) is 9.84 Å². The first kappa shape index (κ1) is 18.0. The van der Waals surface area contributed by atoms with Crippen molar-refractivity contribution in [3.05, 3.63) is 64.2 Å². The van der Waals surface area contributed by atoms with Gasteiger partial charge in [0.05, 0.1) is 23.2 Å². The lowest BCUT2D eigenvalue weighted by atomic mass is 10.0. The number of benzene rings is 2. The molecule has 0 saturated carbocycles. The van der Waals surface area contributed by atoms with Crippen LogP contribution in [0.25, 0.3) is 0 Å². The van der Waals surface area contributed by atoms with Crippen molar-refractivity contribution in [2.75, 3.05) is 16.4 Å². The van der Waals surface area contributed by atoms with Gasteiger partial charge in [0.2, 0.25) is 0 Å². The smallest absolute Gasteiger partial charge is 0.258 e. The molecular formula is C19H20ClNO3S. The highest BCUT2D eigenvalue weighted by atomic mass is 35.5. The summed E-state index contributed by atoms with van der Waals surface area (Å²) in [6, 6.07) is 12.1. The molecule has 25 heavy (non-hydrogen) atoms. The molecule has 1 heterocycles. The summed E-state index contributed by atoms with van der Waals surface area (Å²) < 4.78 is 24.0. The number of halogens is 1. The van der Waals surface area contributed by atoms with Crippen molar-refractivity contribution < 1.29 is 13.2 Å². The topological polar surface area (TPSA) is 54.5 Å². The van der Waals surface area contributed by atoms with Crippen molar-refractivity contribution in [2.45, 2.75) is 26.3 Å². The fraction of sp³-hybridized carbons (Fsp3) is 0.316. The SMILES string of the molecule is Cc1cccc(C)c1N(C(=O)c1ccc(Cl)cc1)C1CCS(=O)(=O)C1. The van der Waals surface area contributed by atoms with Gasteiger partial charge >= 0.3 is 0 Å². The Balaban J connectivity index is 2.09. The molecule has 0 spiro atoms. The van der Waals surface area contributed by atoms with E-state index in [2.05, 4.69) is 0 Å². The van der Waals surface area contributed by atoms with Gasteiger partial charge in [-0.15, -0.1) is 0 Å². The molecular weight excluding hydrogens is 358 g/mol. The minimum absolute atomic E-state index is 0.000103. The third-order valence-electron chi connectivity index (χ3n) is 4.56. The first-order chi connectivity index (χ1) is 11.8. The molecule has 4 nitrogen and oxygen atoms in total. The van der Waals surface area contributed by atoms with Crippen LogP contribution in [-0.4, -0.2) is 31.9 Å². The molecule has 0 N–H and O–H groups in total. The first-order valence-corrected chi connectivity index (χ1v) is 10.3. The number of sulfone groups is 1. The third-order valence-corrected chi connectivity index (χ3v) is 6.57. The molecule has 2 aromatic carbocycles. The van der Waals surface area contributed by atoms with E-state index in [0.717, 1.165) is 16.8 Å². The highest BCUT2D eigenvalue weighted by Gasteiger charge is 2.37. The van der Waals surface area contributed by atoms with Crippen LogP contribution in [0.1, 0.15) is 27.9 Å². The maximum atomic E-state index is 13.2. The van der Waals surface area contributed by atoms with Crippen LogP contribution in [0.4, 0.5) is 5.69 Å². The zero-order valence-electron chi connectivity index (χ0n) is 14.2. The van der Waals surface area contributed by atoms with Gasteiger partial charge in [-0.3, -0.25) is 4.79 Å². The van der Waals surface area contributed by atoms with Gasteiger partial charge in [0.25, 0.3) is 5.91 Å². The van der Waals surface area contributed by atoms with Crippen molar-refractivity contribution >= 4 is 33.0 Å². The lowest BCUT2D eigenvalue weighted by Crippen LogP contribution is -2.42. The largest absolute Gasteiger partial charge is 0.304 e. The van der Waals surface area contributed by atoms with Gasteiger partial charge in [-0.25, -0.2) is 8.42 Å². The lowest BCUT2D eigenvalue weighted by Gasteiger charge is -2.31. The average Bonchev–Trinajstić information content (AvgIpc) is 2.91. The van der Waals surface area contributed by atoms with Gasteiger partial charge in [0.1, 0.15) is 0 Å². The van der Waals surface area contributed by atoms with E-state index < -0.39 is 9.84 Å². The van der Waals surface area contributed by atoms with Crippen LogP contribution < -0.4 is 4.90 Å². The van der Waals surface area contributed by atoms with Crippen LogP contribution in [0.5, 0.6) is 0 Å². The molecule has 1 aliphatic rings. The lowest BCUT2D eigenvalue weighted by molar-refractivity contribution is 0.0978. The van der Waals surface area contributed by atoms with E-state index in [9.17, 15) is 13.2 Å². The summed E-state index contributed by atoms with van der Waals surface area (Å²) in [6.07, 6.45) is 0.454. The molecule has 1 saturated heterocycles. The van der Waals surface area contributed by atoms with E-state index in [-0.39, 0.29) is 23.5 Å². The molecule has 0 bridgehead atoms. The molecule has 1 unspecified atom stereocenters. The number of anilines is 1. The predicted octanol–water partition coefficient (Wildman–Crippen LogP) is 3.79. The van der Waals surface area contributed by atoms with Crippen LogP contribution in [0.2, 0.25) is 5.02 Å². The quantitative estimate of drug-likeness (QED) is 0.817. The predicted molar refractivity (Wildman–Crippen MR) is 101 cm³/mol. The minimum Gasteiger partial charge on any atom is -0.304 e. The summed E-state index contributed by atoms with van der Waals surface area (Å²) in [6.45, 7) is 3.88. The number of carbonyl (C=O) groups is 1. The Kier molecular flexibility index (Phi) is 4.89. The van der Waals surface area contributed by atoms with Crippen molar-refractivity contribution in [3.8, 4) is 0 Å². The van der Waals surface area contributed by atoms with Gasteiger partial charge in [-0.2, -0.15) is 0 Å². The summed E-state index contributed by atoms with van der Waals surface area (Å²) >= 11 is 5.92. The zero-order valence-corrected chi connectivity index (χ0v) is 15.8. The number of nitrogens with zero attached hydrogens (tertiary/aromatic N) is 1. The minimum atomic E-state index is -3.11. The third kappa shape index (κ3) is 3.72. The highest BCUT2D eigenvalue weighted by molar-refractivity contribution is 7.91. The molecule has 6 heteroatoms. The molecule has 0 aromatic heterocycles. The van der Waals surface area contributed by atoms with Crippen LogP contribution in [0.15, 0.2) is 42.5 Å². The van der Waals surface area contributed by atoms with Gasteiger partial charge < -0.3 is 4.90 Å². The Hall–Kier alpha value is -1.85.